The van der Waals surface area contributed by atoms with E-state index in [2.05, 4.69) is 15.5 Å². The van der Waals surface area contributed by atoms with Gasteiger partial charge in [0.2, 0.25) is 11.0 Å². The van der Waals surface area contributed by atoms with E-state index in [0.717, 1.165) is 5.56 Å². The highest BCUT2D eigenvalue weighted by atomic mass is 32.1. The molecule has 0 saturated carbocycles. The second-order valence-corrected chi connectivity index (χ2v) is 8.08. The number of hydrogen-bond donors (Lipinski definition) is 1. The Morgan fingerprint density at radius 1 is 1.22 bits per heavy atom. The van der Waals surface area contributed by atoms with E-state index in [4.69, 9.17) is 4.74 Å². The lowest BCUT2D eigenvalue weighted by Crippen LogP contribution is -2.43. The standard InChI is InChI=1S/C21H19N5O5S/c1-31-16-8-3-5-13(12-16)19-23-24-21(32-19)22-18(27)17-9-4-10-25(17)20(28)14-6-2-7-15(11-14)26(29)30/h2-3,5-8,11-12,17H,4,9-10H2,1H3,(H,22,24,27). The summed E-state index contributed by atoms with van der Waals surface area (Å²) in [5.74, 6) is -0.0974. The number of methoxy groups -OCH3 is 1. The Balaban J connectivity index is 1.47. The molecule has 4 rings (SSSR count). The molecule has 2 amide bonds. The van der Waals surface area contributed by atoms with Crippen LogP contribution in [0.2, 0.25) is 0 Å². The minimum Gasteiger partial charge on any atom is -0.497 e. The van der Waals surface area contributed by atoms with Gasteiger partial charge in [-0.2, -0.15) is 0 Å². The first-order valence-electron chi connectivity index (χ1n) is 9.80. The predicted molar refractivity (Wildman–Crippen MR) is 118 cm³/mol. The maximum Gasteiger partial charge on any atom is 0.270 e. The molecule has 1 aliphatic rings. The van der Waals surface area contributed by atoms with Gasteiger partial charge in [0.1, 0.15) is 16.8 Å². The fourth-order valence-electron chi connectivity index (χ4n) is 3.54. The molecule has 1 atom stereocenters. The van der Waals surface area contributed by atoms with E-state index in [-0.39, 0.29) is 17.2 Å². The Bertz CT molecular complexity index is 1180. The fraction of sp³-hybridized carbons (Fsp3) is 0.238. The zero-order valence-electron chi connectivity index (χ0n) is 17.1. The van der Waals surface area contributed by atoms with Crippen LogP contribution in [0.3, 0.4) is 0 Å². The Hall–Kier alpha value is -3.86. The molecule has 1 saturated heterocycles. The van der Waals surface area contributed by atoms with E-state index < -0.39 is 16.9 Å². The molecule has 11 heteroatoms. The fourth-order valence-corrected chi connectivity index (χ4v) is 4.28. The molecule has 0 spiro atoms. The Labute approximate surface area is 187 Å². The highest BCUT2D eigenvalue weighted by molar-refractivity contribution is 7.18. The predicted octanol–water partition coefficient (Wildman–Crippen LogP) is 3.37. The average Bonchev–Trinajstić information content (AvgIpc) is 3.48. The number of nitro groups is 1. The number of hydrogen-bond acceptors (Lipinski definition) is 8. The zero-order chi connectivity index (χ0) is 22.7. The molecular weight excluding hydrogens is 434 g/mol. The Kier molecular flexibility index (Phi) is 6.08. The maximum absolute atomic E-state index is 12.9. The highest BCUT2D eigenvalue weighted by Crippen LogP contribution is 2.30. The molecule has 1 aliphatic heterocycles. The Morgan fingerprint density at radius 3 is 2.81 bits per heavy atom. The van der Waals surface area contributed by atoms with Crippen LogP contribution in [-0.2, 0) is 4.79 Å². The lowest BCUT2D eigenvalue weighted by molar-refractivity contribution is -0.384. The van der Waals surface area contributed by atoms with Gasteiger partial charge in [-0.25, -0.2) is 0 Å². The van der Waals surface area contributed by atoms with Crippen LogP contribution in [0.1, 0.15) is 23.2 Å². The number of nitro benzene ring substituents is 1. The molecular formula is C21H19N5O5S. The van der Waals surface area contributed by atoms with Crippen molar-refractivity contribution in [3.05, 3.63) is 64.2 Å². The van der Waals surface area contributed by atoms with Crippen molar-refractivity contribution in [1.82, 2.24) is 15.1 Å². The SMILES string of the molecule is COc1cccc(-c2nnc(NC(=O)C3CCCN3C(=O)c3cccc([N+](=O)[O-])c3)s2)c1. The normalized spacial score (nSPS) is 15.4. The monoisotopic (exact) mass is 453 g/mol. The third kappa shape index (κ3) is 4.42. The minimum absolute atomic E-state index is 0.171. The topological polar surface area (TPSA) is 128 Å². The first kappa shape index (κ1) is 21.4. The Morgan fingerprint density at radius 2 is 2.03 bits per heavy atom. The summed E-state index contributed by atoms with van der Waals surface area (Å²) >= 11 is 1.22. The molecule has 0 bridgehead atoms. The van der Waals surface area contributed by atoms with Gasteiger partial charge in [0, 0.05) is 29.8 Å². The van der Waals surface area contributed by atoms with Crippen LogP contribution in [0.4, 0.5) is 10.8 Å². The van der Waals surface area contributed by atoms with Gasteiger partial charge in [0.15, 0.2) is 0 Å². The minimum atomic E-state index is -0.689. The van der Waals surface area contributed by atoms with E-state index in [1.54, 1.807) is 7.11 Å². The summed E-state index contributed by atoms with van der Waals surface area (Å²) in [7, 11) is 1.58. The lowest BCUT2D eigenvalue weighted by Gasteiger charge is -2.23. The number of non-ortho nitro benzene ring substituents is 1. The van der Waals surface area contributed by atoms with Crippen LogP contribution in [0.5, 0.6) is 5.75 Å². The number of nitrogens with zero attached hydrogens (tertiary/aromatic N) is 4. The maximum atomic E-state index is 12.9. The third-order valence-electron chi connectivity index (χ3n) is 5.09. The molecule has 1 unspecified atom stereocenters. The van der Waals surface area contributed by atoms with Gasteiger partial charge in [-0.1, -0.05) is 29.5 Å². The zero-order valence-corrected chi connectivity index (χ0v) is 17.9. The number of carbonyl (C=O) groups excluding carboxylic acids is 2. The summed E-state index contributed by atoms with van der Waals surface area (Å²) in [5, 5.41) is 22.9. The van der Waals surface area contributed by atoms with Crippen molar-refractivity contribution in [3.63, 3.8) is 0 Å². The summed E-state index contributed by atoms with van der Waals surface area (Å²) in [4.78, 5) is 37.7. The van der Waals surface area contributed by atoms with Gasteiger partial charge in [0.05, 0.1) is 12.0 Å². The lowest BCUT2D eigenvalue weighted by atomic mass is 10.1. The second-order valence-electron chi connectivity index (χ2n) is 7.10. The average molecular weight is 453 g/mol. The molecule has 164 valence electrons. The van der Waals surface area contributed by atoms with Crippen LogP contribution >= 0.6 is 11.3 Å². The second kappa shape index (κ2) is 9.10. The number of anilines is 1. The smallest absolute Gasteiger partial charge is 0.270 e. The first-order chi connectivity index (χ1) is 15.5. The van der Waals surface area contributed by atoms with Crippen molar-refractivity contribution < 1.29 is 19.2 Å². The summed E-state index contributed by atoms with van der Waals surface area (Å²) in [6.45, 7) is 0.394. The van der Waals surface area contributed by atoms with E-state index in [0.29, 0.717) is 35.3 Å². The van der Waals surface area contributed by atoms with Crippen LogP contribution in [0.25, 0.3) is 10.6 Å². The van der Waals surface area contributed by atoms with E-state index >= 15 is 0 Å². The number of benzene rings is 2. The summed E-state index contributed by atoms with van der Waals surface area (Å²) in [6, 6.07) is 12.2. The highest BCUT2D eigenvalue weighted by Gasteiger charge is 2.35. The van der Waals surface area contributed by atoms with E-state index in [1.807, 2.05) is 24.3 Å². The molecule has 32 heavy (non-hydrogen) atoms. The summed E-state index contributed by atoms with van der Waals surface area (Å²) < 4.78 is 5.22. The van der Waals surface area contributed by atoms with Gasteiger partial charge in [-0.15, -0.1) is 10.2 Å². The van der Waals surface area contributed by atoms with Gasteiger partial charge in [0.25, 0.3) is 11.6 Å². The van der Waals surface area contributed by atoms with Gasteiger partial charge in [-0.05, 0) is 31.0 Å². The molecule has 1 aromatic heterocycles. The molecule has 2 heterocycles. The number of rotatable bonds is 6. The largest absolute Gasteiger partial charge is 0.497 e. The van der Waals surface area contributed by atoms with Crippen molar-refractivity contribution in [2.75, 3.05) is 19.0 Å². The molecule has 2 aromatic carbocycles. The van der Waals surface area contributed by atoms with Crippen molar-refractivity contribution in [2.24, 2.45) is 0 Å². The summed E-state index contributed by atoms with van der Waals surface area (Å²) in [6.07, 6.45) is 1.15. The van der Waals surface area contributed by atoms with Crippen molar-refractivity contribution in [2.45, 2.75) is 18.9 Å². The van der Waals surface area contributed by atoms with Crippen molar-refractivity contribution >= 4 is 34.0 Å². The van der Waals surface area contributed by atoms with E-state index in [9.17, 15) is 19.7 Å². The number of nitrogens with one attached hydrogen (secondary N) is 1. The third-order valence-corrected chi connectivity index (χ3v) is 5.98. The van der Waals surface area contributed by atoms with Gasteiger partial charge >= 0.3 is 0 Å². The molecule has 10 nitrogen and oxygen atoms in total. The number of carbonyl (C=O) groups is 2. The molecule has 3 aromatic rings. The summed E-state index contributed by atoms with van der Waals surface area (Å²) in [5.41, 5.74) is 0.816. The molecule has 0 radical (unpaired) electrons. The molecule has 0 aliphatic carbocycles. The quantitative estimate of drug-likeness (QED) is 0.448. The first-order valence-corrected chi connectivity index (χ1v) is 10.6. The molecule has 1 fully saturated rings. The number of aromatic nitrogens is 2. The van der Waals surface area contributed by atoms with E-state index in [1.165, 1.54) is 40.5 Å². The van der Waals surface area contributed by atoms with Crippen LogP contribution in [0.15, 0.2) is 48.5 Å². The van der Waals surface area contributed by atoms with Crippen LogP contribution in [0, 0.1) is 10.1 Å². The van der Waals surface area contributed by atoms with Crippen LogP contribution < -0.4 is 10.1 Å². The number of likely N-dealkylation sites (tertiary alicyclic amines) is 1. The van der Waals surface area contributed by atoms with Crippen LogP contribution in [-0.4, -0.2) is 51.5 Å². The van der Waals surface area contributed by atoms with Gasteiger partial charge < -0.3 is 9.64 Å². The van der Waals surface area contributed by atoms with Gasteiger partial charge in [-0.3, -0.25) is 25.0 Å². The number of amides is 2. The number of ether oxygens (including phenoxy) is 1. The van der Waals surface area contributed by atoms with Crippen molar-refractivity contribution in [3.8, 4) is 16.3 Å². The molecule has 1 N–H and O–H groups in total. The van der Waals surface area contributed by atoms with Crippen molar-refractivity contribution in [1.29, 1.82) is 0 Å².